The number of carbonyl (C=O) groups is 2. The molecule has 0 radical (unpaired) electrons. The number of benzene rings is 2. The minimum Gasteiger partial charge on any atom is -0.338 e. The van der Waals surface area contributed by atoms with Crippen molar-refractivity contribution in [3.8, 4) is 11.8 Å². The van der Waals surface area contributed by atoms with Crippen LogP contribution in [0, 0.1) is 11.8 Å². The Labute approximate surface area is 227 Å². The fraction of sp³-hybridized carbons (Fsp3) is 0.214. The van der Waals surface area contributed by atoms with Gasteiger partial charge in [0, 0.05) is 61.2 Å². The highest BCUT2D eigenvalue weighted by Crippen LogP contribution is 2.21. The molecule has 3 amide bonds. The number of amides is 3. The number of urea groups is 1. The van der Waals surface area contributed by atoms with E-state index in [1.165, 1.54) is 24.2 Å². The van der Waals surface area contributed by atoms with E-state index in [0.29, 0.717) is 48.3 Å². The monoisotopic (exact) mass is 544 g/mol. The Hall–Kier alpha value is -4.53. The van der Waals surface area contributed by atoms with Gasteiger partial charge in [-0.15, -0.1) is 0 Å². The number of carbonyl (C=O) groups excluding carboxylic acids is 2. The molecule has 1 aliphatic heterocycles. The number of nitrogens with zero attached hydrogens (tertiary/aromatic N) is 3. The molecule has 3 N–H and O–H groups in total. The van der Waals surface area contributed by atoms with Crippen LogP contribution in [0.4, 0.5) is 10.5 Å². The van der Waals surface area contributed by atoms with Crippen LogP contribution in [0.5, 0.6) is 0 Å². The lowest BCUT2D eigenvalue weighted by molar-refractivity contribution is -0.130. The van der Waals surface area contributed by atoms with E-state index in [1.807, 2.05) is 18.2 Å². The number of pyridine rings is 1. The Kier molecular flexibility index (Phi) is 8.70. The number of hydrazone groups is 1. The molecule has 200 valence electrons. The third kappa shape index (κ3) is 7.28. The van der Waals surface area contributed by atoms with E-state index in [1.54, 1.807) is 43.7 Å². The van der Waals surface area contributed by atoms with Crippen molar-refractivity contribution in [1.82, 2.24) is 20.0 Å². The van der Waals surface area contributed by atoms with Crippen molar-refractivity contribution in [2.24, 2.45) is 5.10 Å². The highest BCUT2D eigenvalue weighted by Gasteiger charge is 2.20. The Morgan fingerprint density at radius 3 is 2.56 bits per heavy atom. The number of aromatic nitrogens is 1. The first kappa shape index (κ1) is 27.5. The minimum atomic E-state index is -3.55. The van der Waals surface area contributed by atoms with E-state index in [-0.39, 0.29) is 16.8 Å². The molecule has 0 atom stereocenters. The van der Waals surface area contributed by atoms with Crippen molar-refractivity contribution in [3.05, 3.63) is 89.2 Å². The summed E-state index contributed by atoms with van der Waals surface area (Å²) in [6, 6.07) is 15.0. The second-order valence-corrected chi connectivity index (χ2v) is 10.6. The average Bonchev–Trinajstić information content (AvgIpc) is 2.94. The van der Waals surface area contributed by atoms with E-state index < -0.39 is 10.0 Å². The number of hydrogen-bond acceptors (Lipinski definition) is 6. The van der Waals surface area contributed by atoms with E-state index in [4.69, 9.17) is 0 Å². The van der Waals surface area contributed by atoms with E-state index in [9.17, 15) is 18.0 Å². The van der Waals surface area contributed by atoms with Gasteiger partial charge in [0.25, 0.3) is 0 Å². The van der Waals surface area contributed by atoms with Gasteiger partial charge in [-0.1, -0.05) is 17.9 Å². The predicted molar refractivity (Wildman–Crippen MR) is 149 cm³/mol. The quantitative estimate of drug-likeness (QED) is 0.394. The second kappa shape index (κ2) is 12.3. The molecule has 11 heteroatoms. The van der Waals surface area contributed by atoms with Crippen LogP contribution < -0.4 is 15.4 Å². The maximum Gasteiger partial charge on any atom is 0.319 e. The molecule has 39 heavy (non-hydrogen) atoms. The molecular weight excluding hydrogens is 516 g/mol. The van der Waals surface area contributed by atoms with Crippen molar-refractivity contribution in [1.29, 1.82) is 0 Å². The first-order valence-electron chi connectivity index (χ1n) is 12.2. The van der Waals surface area contributed by atoms with Crippen molar-refractivity contribution in [2.75, 3.05) is 26.0 Å². The Morgan fingerprint density at radius 1 is 1.08 bits per heavy atom. The lowest BCUT2D eigenvalue weighted by Gasteiger charge is -2.20. The fourth-order valence-corrected chi connectivity index (χ4v) is 4.59. The van der Waals surface area contributed by atoms with Gasteiger partial charge in [-0.05, 0) is 67.6 Å². The van der Waals surface area contributed by atoms with E-state index in [0.717, 1.165) is 11.1 Å². The second-order valence-electron chi connectivity index (χ2n) is 8.70. The van der Waals surface area contributed by atoms with Crippen LogP contribution in [-0.4, -0.2) is 56.7 Å². The molecule has 0 saturated carbocycles. The smallest absolute Gasteiger partial charge is 0.319 e. The summed E-state index contributed by atoms with van der Waals surface area (Å²) >= 11 is 0. The topological polar surface area (TPSA) is 133 Å². The summed E-state index contributed by atoms with van der Waals surface area (Å²) in [6.07, 6.45) is 4.91. The molecular formula is C28H28N6O4S. The molecule has 2 aromatic carbocycles. The Morgan fingerprint density at radius 2 is 1.87 bits per heavy atom. The SMILES string of the molecule is CNS(=O)(=O)c1ccc(C#Cc2cc(NC(=O)NCCc3cccnc3)ccc2C2=NN(C)C(=O)CC2)cc1. The van der Waals surface area contributed by atoms with Crippen LogP contribution in [0.15, 0.2) is 77.0 Å². The summed E-state index contributed by atoms with van der Waals surface area (Å²) in [6.45, 7) is 0.443. The molecule has 2 heterocycles. The largest absolute Gasteiger partial charge is 0.338 e. The average molecular weight is 545 g/mol. The van der Waals surface area contributed by atoms with Gasteiger partial charge in [-0.2, -0.15) is 5.10 Å². The van der Waals surface area contributed by atoms with Gasteiger partial charge >= 0.3 is 6.03 Å². The zero-order chi connectivity index (χ0) is 27.8. The van der Waals surface area contributed by atoms with Crippen molar-refractivity contribution in [2.45, 2.75) is 24.2 Å². The Bertz CT molecular complexity index is 1560. The van der Waals surface area contributed by atoms with Crippen LogP contribution in [0.3, 0.4) is 0 Å². The molecule has 0 bridgehead atoms. The summed E-state index contributed by atoms with van der Waals surface area (Å²) < 4.78 is 26.3. The van der Waals surface area contributed by atoms with Gasteiger partial charge < -0.3 is 10.6 Å². The molecule has 4 rings (SSSR count). The van der Waals surface area contributed by atoms with Crippen molar-refractivity contribution in [3.63, 3.8) is 0 Å². The van der Waals surface area contributed by atoms with Gasteiger partial charge in [0.05, 0.1) is 10.6 Å². The summed E-state index contributed by atoms with van der Waals surface area (Å²) in [5.74, 6) is 6.11. The van der Waals surface area contributed by atoms with Crippen LogP contribution in [-0.2, 0) is 21.2 Å². The van der Waals surface area contributed by atoms with Gasteiger partial charge in [-0.25, -0.2) is 22.9 Å². The molecule has 1 aliphatic rings. The number of anilines is 1. The lowest BCUT2D eigenvalue weighted by atomic mass is 9.98. The Balaban J connectivity index is 1.56. The number of rotatable bonds is 7. The summed E-state index contributed by atoms with van der Waals surface area (Å²) in [7, 11) is -0.585. The molecule has 3 aromatic rings. The molecule has 0 spiro atoms. The molecule has 0 fully saturated rings. The van der Waals surface area contributed by atoms with Crippen LogP contribution >= 0.6 is 0 Å². The minimum absolute atomic E-state index is 0.0655. The standard InChI is InChI=1S/C28H28N6O4S/c1-29-39(37,38)24-10-6-20(7-11-24)5-8-22-18-23(9-12-25(22)26-13-14-27(35)34(2)33-26)32-28(36)31-17-15-21-4-3-16-30-19-21/h3-4,6-7,9-12,16,18-19,29H,13-15,17H2,1-2H3,(H2,31,32,36). The maximum absolute atomic E-state index is 12.5. The van der Waals surface area contributed by atoms with Gasteiger partial charge in [0.15, 0.2) is 0 Å². The summed E-state index contributed by atoms with van der Waals surface area (Å²) in [5, 5.41) is 11.4. The molecule has 0 saturated heterocycles. The van der Waals surface area contributed by atoms with Gasteiger partial charge in [0.1, 0.15) is 0 Å². The van der Waals surface area contributed by atoms with E-state index in [2.05, 4.69) is 37.3 Å². The third-order valence-electron chi connectivity index (χ3n) is 5.99. The maximum atomic E-state index is 12.5. The van der Waals surface area contributed by atoms with Crippen LogP contribution in [0.2, 0.25) is 0 Å². The van der Waals surface area contributed by atoms with Gasteiger partial charge in [0.2, 0.25) is 15.9 Å². The van der Waals surface area contributed by atoms with Crippen LogP contribution in [0.25, 0.3) is 0 Å². The summed E-state index contributed by atoms with van der Waals surface area (Å²) in [4.78, 5) is 28.6. The third-order valence-corrected chi connectivity index (χ3v) is 7.42. The highest BCUT2D eigenvalue weighted by atomic mass is 32.2. The van der Waals surface area contributed by atoms with Crippen LogP contribution in [0.1, 0.15) is 35.1 Å². The number of nitrogens with one attached hydrogen (secondary N) is 3. The first-order chi connectivity index (χ1) is 18.7. The zero-order valence-electron chi connectivity index (χ0n) is 21.6. The van der Waals surface area contributed by atoms with Crippen molar-refractivity contribution >= 4 is 33.4 Å². The number of hydrogen-bond donors (Lipinski definition) is 3. The summed E-state index contributed by atoms with van der Waals surface area (Å²) in [5.41, 5.74) is 4.24. The molecule has 0 aliphatic carbocycles. The first-order valence-corrected chi connectivity index (χ1v) is 13.7. The molecule has 10 nitrogen and oxygen atoms in total. The lowest BCUT2D eigenvalue weighted by Crippen LogP contribution is -2.30. The fourth-order valence-electron chi connectivity index (χ4n) is 3.86. The highest BCUT2D eigenvalue weighted by molar-refractivity contribution is 7.89. The molecule has 1 aromatic heterocycles. The van der Waals surface area contributed by atoms with Crippen molar-refractivity contribution < 1.29 is 18.0 Å². The normalized spacial score (nSPS) is 13.2. The molecule has 0 unspecified atom stereocenters. The zero-order valence-corrected chi connectivity index (χ0v) is 22.4. The number of sulfonamides is 1. The van der Waals surface area contributed by atoms with Gasteiger partial charge in [-0.3, -0.25) is 9.78 Å². The predicted octanol–water partition coefficient (Wildman–Crippen LogP) is 2.71. The van der Waals surface area contributed by atoms with E-state index >= 15 is 0 Å².